The van der Waals surface area contributed by atoms with Crippen molar-refractivity contribution in [2.75, 3.05) is 32.7 Å². The van der Waals surface area contributed by atoms with Gasteiger partial charge >= 0.3 is 0 Å². The van der Waals surface area contributed by atoms with Crippen molar-refractivity contribution in [3.05, 3.63) is 43.8 Å². The number of aryl methyl sites for hydroxylation is 2. The molecule has 1 saturated heterocycles. The second kappa shape index (κ2) is 8.66. The second-order valence-corrected chi connectivity index (χ2v) is 10.5. The summed E-state index contributed by atoms with van der Waals surface area (Å²) < 4.78 is 1.63. The van der Waals surface area contributed by atoms with Crippen LogP contribution in [0.2, 0.25) is 0 Å². The highest BCUT2D eigenvalue weighted by Crippen LogP contribution is 2.27. The minimum Gasteiger partial charge on any atom is -0.299 e. The van der Waals surface area contributed by atoms with Gasteiger partial charge in [0, 0.05) is 49.1 Å². The molecule has 0 saturated carbocycles. The van der Waals surface area contributed by atoms with Crippen molar-refractivity contribution in [2.24, 2.45) is 0 Å². The molecule has 2 aromatic heterocycles. The van der Waals surface area contributed by atoms with Crippen molar-refractivity contribution in [2.45, 2.75) is 65.0 Å². The zero-order valence-corrected chi connectivity index (χ0v) is 18.8. The summed E-state index contributed by atoms with van der Waals surface area (Å²) >= 11 is 1.93. The average Bonchev–Trinajstić information content (AvgIpc) is 3.10. The fourth-order valence-electron chi connectivity index (χ4n) is 4.08. The van der Waals surface area contributed by atoms with Crippen molar-refractivity contribution in [1.82, 2.24) is 24.6 Å². The molecule has 0 amide bonds. The van der Waals surface area contributed by atoms with E-state index in [1.165, 1.54) is 41.3 Å². The van der Waals surface area contributed by atoms with Crippen LogP contribution in [0.15, 0.2) is 16.9 Å². The predicted molar refractivity (Wildman–Crippen MR) is 118 cm³/mol. The summed E-state index contributed by atoms with van der Waals surface area (Å²) in [6.45, 7) is 13.1. The Morgan fingerprint density at radius 2 is 1.72 bits per heavy atom. The maximum Gasteiger partial charge on any atom is 0.266 e. The standard InChI is InChI=1S/C22H33N5OS/c1-22(2,3)19-8-9-21(28)27(24-19)15-14-25-10-12-26(13-11-25)16-20-23-17-6-4-5-7-18(17)29-20/h8-9H,4-7,10-16H2,1-3H3. The van der Waals surface area contributed by atoms with Gasteiger partial charge in [0.15, 0.2) is 0 Å². The molecule has 7 heteroatoms. The van der Waals surface area contributed by atoms with E-state index in [1.807, 2.05) is 17.4 Å². The molecule has 0 N–H and O–H groups in total. The molecule has 158 valence electrons. The van der Waals surface area contributed by atoms with Gasteiger partial charge in [0.05, 0.1) is 24.5 Å². The molecule has 0 bridgehead atoms. The van der Waals surface area contributed by atoms with E-state index in [1.54, 1.807) is 10.7 Å². The van der Waals surface area contributed by atoms with Gasteiger partial charge in [-0.15, -0.1) is 11.3 Å². The number of thiazole rings is 1. The topological polar surface area (TPSA) is 54.3 Å². The molecule has 6 nitrogen and oxygen atoms in total. The summed E-state index contributed by atoms with van der Waals surface area (Å²) in [5, 5.41) is 5.88. The Morgan fingerprint density at radius 3 is 2.45 bits per heavy atom. The molecule has 1 aliphatic heterocycles. The van der Waals surface area contributed by atoms with E-state index in [2.05, 4.69) is 35.7 Å². The normalized spacial score (nSPS) is 18.7. The number of aromatic nitrogens is 3. The largest absolute Gasteiger partial charge is 0.299 e. The molecule has 0 radical (unpaired) electrons. The average molecular weight is 416 g/mol. The molecule has 3 heterocycles. The first-order valence-electron chi connectivity index (χ1n) is 10.9. The van der Waals surface area contributed by atoms with Crippen LogP contribution in [0.25, 0.3) is 0 Å². The van der Waals surface area contributed by atoms with Crippen LogP contribution in [-0.2, 0) is 31.3 Å². The van der Waals surface area contributed by atoms with Gasteiger partial charge in [-0.2, -0.15) is 5.10 Å². The van der Waals surface area contributed by atoms with Crippen molar-refractivity contribution in [3.8, 4) is 0 Å². The van der Waals surface area contributed by atoms with Crippen LogP contribution in [-0.4, -0.2) is 57.3 Å². The van der Waals surface area contributed by atoms with Crippen LogP contribution in [0.1, 0.15) is 54.9 Å². The highest BCUT2D eigenvalue weighted by molar-refractivity contribution is 7.11. The molecule has 1 aliphatic carbocycles. The Hall–Kier alpha value is -1.57. The quantitative estimate of drug-likeness (QED) is 0.752. The maximum absolute atomic E-state index is 12.2. The SMILES string of the molecule is CC(C)(C)c1ccc(=O)n(CCN2CCN(Cc3nc4c(s3)CCCC4)CC2)n1. The van der Waals surface area contributed by atoms with Gasteiger partial charge in [0.25, 0.3) is 5.56 Å². The summed E-state index contributed by atoms with van der Waals surface area (Å²) in [6.07, 6.45) is 5.02. The van der Waals surface area contributed by atoms with E-state index in [0.29, 0.717) is 6.54 Å². The summed E-state index contributed by atoms with van der Waals surface area (Å²) in [5.41, 5.74) is 2.28. The van der Waals surface area contributed by atoms with E-state index < -0.39 is 0 Å². The molecule has 29 heavy (non-hydrogen) atoms. The molecular weight excluding hydrogens is 382 g/mol. The van der Waals surface area contributed by atoms with Crippen molar-refractivity contribution in [1.29, 1.82) is 0 Å². The fourth-order valence-corrected chi connectivity index (χ4v) is 5.28. The number of piperazine rings is 1. The van der Waals surface area contributed by atoms with Gasteiger partial charge in [-0.05, 0) is 31.7 Å². The third kappa shape index (κ3) is 5.13. The van der Waals surface area contributed by atoms with Crippen molar-refractivity contribution < 1.29 is 0 Å². The van der Waals surface area contributed by atoms with Crippen LogP contribution in [0, 0.1) is 0 Å². The van der Waals surface area contributed by atoms with E-state index in [4.69, 9.17) is 4.98 Å². The monoisotopic (exact) mass is 415 g/mol. The lowest BCUT2D eigenvalue weighted by Crippen LogP contribution is -2.47. The van der Waals surface area contributed by atoms with E-state index in [0.717, 1.165) is 45.0 Å². The molecule has 2 aliphatic rings. The third-order valence-electron chi connectivity index (χ3n) is 5.98. The molecule has 4 rings (SSSR count). The number of hydrogen-bond donors (Lipinski definition) is 0. The van der Waals surface area contributed by atoms with Crippen molar-refractivity contribution in [3.63, 3.8) is 0 Å². The summed E-state index contributed by atoms with van der Waals surface area (Å²) in [7, 11) is 0. The minimum atomic E-state index is -0.0455. The first-order chi connectivity index (χ1) is 13.9. The Morgan fingerprint density at radius 1 is 1.00 bits per heavy atom. The lowest BCUT2D eigenvalue weighted by molar-refractivity contribution is 0.122. The van der Waals surface area contributed by atoms with Crippen LogP contribution in [0.3, 0.4) is 0 Å². The van der Waals surface area contributed by atoms with Crippen LogP contribution < -0.4 is 5.56 Å². The Kier molecular flexibility index (Phi) is 6.18. The summed E-state index contributed by atoms with van der Waals surface area (Å²) in [4.78, 5) is 23.6. The Bertz CT molecular complexity index is 866. The number of rotatable bonds is 5. The van der Waals surface area contributed by atoms with E-state index in [9.17, 15) is 4.79 Å². The van der Waals surface area contributed by atoms with Gasteiger partial charge in [-0.3, -0.25) is 14.6 Å². The first kappa shape index (κ1) is 20.7. The number of fused-ring (bicyclic) bond motifs is 1. The van der Waals surface area contributed by atoms with Gasteiger partial charge < -0.3 is 0 Å². The molecule has 0 atom stereocenters. The Labute approximate surface area is 177 Å². The summed E-state index contributed by atoms with van der Waals surface area (Å²) in [6, 6.07) is 3.51. The highest BCUT2D eigenvalue weighted by Gasteiger charge is 2.21. The smallest absolute Gasteiger partial charge is 0.266 e. The van der Waals surface area contributed by atoms with E-state index >= 15 is 0 Å². The zero-order valence-electron chi connectivity index (χ0n) is 18.0. The van der Waals surface area contributed by atoms with Gasteiger partial charge in [-0.1, -0.05) is 20.8 Å². The van der Waals surface area contributed by atoms with Crippen molar-refractivity contribution >= 4 is 11.3 Å². The lowest BCUT2D eigenvalue weighted by atomic mass is 9.92. The number of nitrogens with zero attached hydrogens (tertiary/aromatic N) is 5. The second-order valence-electron chi connectivity index (χ2n) is 9.33. The molecule has 0 spiro atoms. The van der Waals surface area contributed by atoms with Crippen LogP contribution in [0.5, 0.6) is 0 Å². The fraction of sp³-hybridized carbons (Fsp3) is 0.682. The predicted octanol–water partition coefficient (Wildman–Crippen LogP) is 2.69. The summed E-state index contributed by atoms with van der Waals surface area (Å²) in [5.74, 6) is 0. The van der Waals surface area contributed by atoms with Gasteiger partial charge in [-0.25, -0.2) is 9.67 Å². The highest BCUT2D eigenvalue weighted by atomic mass is 32.1. The number of hydrogen-bond acceptors (Lipinski definition) is 6. The zero-order chi connectivity index (χ0) is 20.4. The van der Waals surface area contributed by atoms with Crippen LogP contribution in [0.4, 0.5) is 0 Å². The lowest BCUT2D eigenvalue weighted by Gasteiger charge is -2.34. The van der Waals surface area contributed by atoms with Crippen LogP contribution >= 0.6 is 11.3 Å². The minimum absolute atomic E-state index is 0.00984. The van der Waals surface area contributed by atoms with E-state index in [-0.39, 0.29) is 11.0 Å². The molecule has 0 unspecified atom stereocenters. The molecule has 0 aromatic carbocycles. The van der Waals surface area contributed by atoms with Gasteiger partial charge in [0.2, 0.25) is 0 Å². The third-order valence-corrected chi connectivity index (χ3v) is 7.12. The maximum atomic E-state index is 12.2. The first-order valence-corrected chi connectivity index (χ1v) is 11.7. The Balaban J connectivity index is 1.27. The van der Waals surface area contributed by atoms with Gasteiger partial charge in [0.1, 0.15) is 5.01 Å². The molecular formula is C22H33N5OS. The molecule has 2 aromatic rings. The molecule has 1 fully saturated rings.